The van der Waals surface area contributed by atoms with Gasteiger partial charge in [-0.1, -0.05) is 6.42 Å². The molecule has 0 aliphatic carbocycles. The molecule has 2 rings (SSSR count). The van der Waals surface area contributed by atoms with Crippen LogP contribution in [0.2, 0.25) is 0 Å². The minimum Gasteiger partial charge on any atom is -0.389 e. The molecular formula is C9H18N2O2. The molecule has 2 aliphatic rings. The minimum absolute atomic E-state index is 0.109. The summed E-state index contributed by atoms with van der Waals surface area (Å²) in [5.74, 6) is 0. The highest BCUT2D eigenvalue weighted by molar-refractivity contribution is 4.80. The molecule has 2 N–H and O–H groups in total. The molecule has 0 saturated carbocycles. The zero-order valence-corrected chi connectivity index (χ0v) is 7.91. The zero-order valence-electron chi connectivity index (χ0n) is 7.91. The van der Waals surface area contributed by atoms with E-state index in [-0.39, 0.29) is 12.1 Å². The molecule has 2 aliphatic heterocycles. The van der Waals surface area contributed by atoms with Crippen molar-refractivity contribution < 1.29 is 9.84 Å². The van der Waals surface area contributed by atoms with Gasteiger partial charge in [0.25, 0.3) is 0 Å². The first-order chi connectivity index (χ1) is 6.36. The van der Waals surface area contributed by atoms with Crippen LogP contribution in [-0.4, -0.2) is 48.6 Å². The van der Waals surface area contributed by atoms with Gasteiger partial charge in [0, 0.05) is 13.1 Å². The molecule has 2 fully saturated rings. The van der Waals surface area contributed by atoms with Gasteiger partial charge in [-0.25, -0.2) is 10.4 Å². The number of rotatable bonds is 2. The lowest BCUT2D eigenvalue weighted by Gasteiger charge is -2.30. The standard InChI is InChI=1S/C9H18N2O2/c12-9-7-13-6-8(9)10-11-4-2-1-3-5-11/h8-10,12H,1-7H2. The zero-order chi connectivity index (χ0) is 9.10. The molecule has 0 bridgehead atoms. The Morgan fingerprint density at radius 1 is 1.15 bits per heavy atom. The van der Waals surface area contributed by atoms with Crippen molar-refractivity contribution in [3.8, 4) is 0 Å². The smallest absolute Gasteiger partial charge is 0.0962 e. The minimum atomic E-state index is -0.332. The van der Waals surface area contributed by atoms with Crippen LogP contribution in [0.3, 0.4) is 0 Å². The normalized spacial score (nSPS) is 36.7. The molecule has 0 aromatic heterocycles. The van der Waals surface area contributed by atoms with E-state index in [2.05, 4.69) is 10.4 Å². The summed E-state index contributed by atoms with van der Waals surface area (Å²) in [6.45, 7) is 3.32. The van der Waals surface area contributed by atoms with Gasteiger partial charge in [0.1, 0.15) is 0 Å². The summed E-state index contributed by atoms with van der Waals surface area (Å²) in [7, 11) is 0. The Hall–Kier alpha value is -0.160. The van der Waals surface area contributed by atoms with Gasteiger partial charge in [0.2, 0.25) is 0 Å². The molecule has 0 amide bonds. The third-order valence-corrected chi connectivity index (χ3v) is 2.75. The number of aliphatic hydroxyl groups excluding tert-OH is 1. The van der Waals surface area contributed by atoms with Gasteiger partial charge >= 0.3 is 0 Å². The Bertz CT molecular complexity index is 160. The second-order valence-electron chi connectivity index (χ2n) is 3.89. The second kappa shape index (κ2) is 4.37. The molecule has 13 heavy (non-hydrogen) atoms. The van der Waals surface area contributed by atoms with Crippen molar-refractivity contribution in [3.63, 3.8) is 0 Å². The van der Waals surface area contributed by atoms with Crippen LogP contribution in [0.25, 0.3) is 0 Å². The van der Waals surface area contributed by atoms with Gasteiger partial charge in [0.15, 0.2) is 0 Å². The number of hydrogen-bond donors (Lipinski definition) is 2. The van der Waals surface area contributed by atoms with Crippen LogP contribution < -0.4 is 5.43 Å². The molecule has 2 atom stereocenters. The van der Waals surface area contributed by atoms with Crippen LogP contribution in [0, 0.1) is 0 Å². The Balaban J connectivity index is 1.75. The third kappa shape index (κ3) is 2.40. The third-order valence-electron chi connectivity index (χ3n) is 2.75. The van der Waals surface area contributed by atoms with Crippen molar-refractivity contribution in [1.29, 1.82) is 0 Å². The predicted molar refractivity (Wildman–Crippen MR) is 49.2 cm³/mol. The van der Waals surface area contributed by atoms with Crippen LogP contribution in [0.5, 0.6) is 0 Å². The van der Waals surface area contributed by atoms with Crippen molar-refractivity contribution in [2.24, 2.45) is 0 Å². The van der Waals surface area contributed by atoms with Gasteiger partial charge in [-0.3, -0.25) is 0 Å². The van der Waals surface area contributed by atoms with Gasteiger partial charge in [-0.2, -0.15) is 0 Å². The molecule has 2 unspecified atom stereocenters. The quantitative estimate of drug-likeness (QED) is 0.623. The summed E-state index contributed by atoms with van der Waals surface area (Å²) in [5.41, 5.74) is 3.33. The van der Waals surface area contributed by atoms with Crippen LogP contribution in [0.4, 0.5) is 0 Å². The molecule has 0 radical (unpaired) electrons. The molecule has 0 aromatic rings. The van der Waals surface area contributed by atoms with Crippen molar-refractivity contribution in [1.82, 2.24) is 10.4 Å². The summed E-state index contributed by atoms with van der Waals surface area (Å²) in [5, 5.41) is 11.7. The Labute approximate surface area is 78.8 Å². The fourth-order valence-electron chi connectivity index (χ4n) is 1.92. The average molecular weight is 186 g/mol. The lowest BCUT2D eigenvalue weighted by atomic mass is 10.1. The van der Waals surface area contributed by atoms with E-state index in [9.17, 15) is 5.11 Å². The number of nitrogens with zero attached hydrogens (tertiary/aromatic N) is 1. The molecule has 0 aromatic carbocycles. The van der Waals surface area contributed by atoms with E-state index in [0.29, 0.717) is 13.2 Å². The summed E-state index contributed by atoms with van der Waals surface area (Å²) in [6.07, 6.45) is 3.52. The van der Waals surface area contributed by atoms with Gasteiger partial charge in [-0.05, 0) is 12.8 Å². The summed E-state index contributed by atoms with van der Waals surface area (Å²) in [6, 6.07) is 0.109. The lowest BCUT2D eigenvalue weighted by Crippen LogP contribution is -2.51. The maximum Gasteiger partial charge on any atom is 0.0962 e. The molecule has 2 saturated heterocycles. The number of hydrazine groups is 1. The molecule has 4 heteroatoms. The maximum atomic E-state index is 9.51. The van der Waals surface area contributed by atoms with E-state index in [1.54, 1.807) is 0 Å². The number of piperidine rings is 1. The van der Waals surface area contributed by atoms with E-state index in [1.807, 2.05) is 0 Å². The Morgan fingerprint density at radius 3 is 2.54 bits per heavy atom. The molecule has 4 nitrogen and oxygen atoms in total. The largest absolute Gasteiger partial charge is 0.389 e. The van der Waals surface area contributed by atoms with E-state index in [0.717, 1.165) is 13.1 Å². The van der Waals surface area contributed by atoms with Gasteiger partial charge in [0.05, 0.1) is 25.4 Å². The first-order valence-electron chi connectivity index (χ1n) is 5.13. The van der Waals surface area contributed by atoms with Crippen molar-refractivity contribution >= 4 is 0 Å². The highest BCUT2D eigenvalue weighted by atomic mass is 16.5. The maximum absolute atomic E-state index is 9.51. The van der Waals surface area contributed by atoms with Crippen LogP contribution in [0.15, 0.2) is 0 Å². The van der Waals surface area contributed by atoms with Crippen LogP contribution in [0.1, 0.15) is 19.3 Å². The Kier molecular flexibility index (Phi) is 3.16. The fraction of sp³-hybridized carbons (Fsp3) is 1.00. The Morgan fingerprint density at radius 2 is 1.92 bits per heavy atom. The van der Waals surface area contributed by atoms with Crippen molar-refractivity contribution in [3.05, 3.63) is 0 Å². The van der Waals surface area contributed by atoms with Gasteiger partial charge in [-0.15, -0.1) is 0 Å². The van der Waals surface area contributed by atoms with Crippen LogP contribution in [-0.2, 0) is 4.74 Å². The molecular weight excluding hydrogens is 168 g/mol. The predicted octanol–water partition coefficient (Wildman–Crippen LogP) is -0.263. The highest BCUT2D eigenvalue weighted by Gasteiger charge is 2.27. The van der Waals surface area contributed by atoms with E-state index in [1.165, 1.54) is 19.3 Å². The summed E-state index contributed by atoms with van der Waals surface area (Å²) >= 11 is 0. The van der Waals surface area contributed by atoms with Crippen LogP contribution >= 0.6 is 0 Å². The average Bonchev–Trinajstić information content (AvgIpc) is 2.54. The van der Waals surface area contributed by atoms with Crippen molar-refractivity contribution in [2.75, 3.05) is 26.3 Å². The van der Waals surface area contributed by atoms with Crippen molar-refractivity contribution in [2.45, 2.75) is 31.4 Å². The number of nitrogens with one attached hydrogen (secondary N) is 1. The summed E-state index contributed by atoms with van der Waals surface area (Å²) in [4.78, 5) is 0. The SMILES string of the molecule is OC1COCC1NN1CCCCC1. The topological polar surface area (TPSA) is 44.7 Å². The first kappa shape index (κ1) is 9.40. The molecule has 0 spiro atoms. The highest BCUT2D eigenvalue weighted by Crippen LogP contribution is 2.10. The van der Waals surface area contributed by atoms with Gasteiger partial charge < -0.3 is 9.84 Å². The molecule has 2 heterocycles. The first-order valence-corrected chi connectivity index (χ1v) is 5.13. The lowest BCUT2D eigenvalue weighted by molar-refractivity contribution is 0.0782. The van der Waals surface area contributed by atoms with E-state index >= 15 is 0 Å². The number of aliphatic hydroxyl groups is 1. The van der Waals surface area contributed by atoms with E-state index in [4.69, 9.17) is 4.74 Å². The monoisotopic (exact) mass is 186 g/mol. The number of hydrogen-bond acceptors (Lipinski definition) is 4. The number of ether oxygens (including phenoxy) is 1. The second-order valence-corrected chi connectivity index (χ2v) is 3.89. The van der Waals surface area contributed by atoms with E-state index < -0.39 is 0 Å². The molecule has 76 valence electrons. The fourth-order valence-corrected chi connectivity index (χ4v) is 1.92. The summed E-state index contributed by atoms with van der Waals surface area (Å²) < 4.78 is 5.17.